The molecule has 1 aliphatic rings. The van der Waals surface area contributed by atoms with Crippen molar-refractivity contribution in [3.63, 3.8) is 0 Å². The lowest BCUT2D eigenvalue weighted by Crippen LogP contribution is -2.36. The molecule has 17 heavy (non-hydrogen) atoms. The summed E-state index contributed by atoms with van der Waals surface area (Å²) in [5, 5.41) is 12.3. The summed E-state index contributed by atoms with van der Waals surface area (Å²) >= 11 is 0. The van der Waals surface area contributed by atoms with Crippen molar-refractivity contribution in [2.45, 2.75) is 38.4 Å². The lowest BCUT2D eigenvalue weighted by Gasteiger charge is -2.17. The summed E-state index contributed by atoms with van der Waals surface area (Å²) in [6.45, 7) is 3.48. The summed E-state index contributed by atoms with van der Waals surface area (Å²) in [6.07, 6.45) is 1.72. The van der Waals surface area contributed by atoms with E-state index in [-0.39, 0.29) is 17.9 Å². The topological polar surface area (TPSA) is 67.8 Å². The maximum Gasteiger partial charge on any atom is 0.225 e. The fourth-order valence-corrected chi connectivity index (χ4v) is 2.12. The van der Waals surface area contributed by atoms with Crippen molar-refractivity contribution in [1.82, 2.24) is 5.32 Å². The molecule has 0 saturated carbocycles. The van der Waals surface area contributed by atoms with Crippen LogP contribution in [0.2, 0.25) is 0 Å². The second kappa shape index (κ2) is 7.63. The van der Waals surface area contributed by atoms with Crippen LogP contribution in [0.1, 0.15) is 26.2 Å². The highest BCUT2D eigenvalue weighted by Gasteiger charge is 2.32. The SMILES string of the molecule is CCC1OCCC1C(=O)NCCC(O)COC. The first-order valence-corrected chi connectivity index (χ1v) is 6.25. The molecule has 1 saturated heterocycles. The van der Waals surface area contributed by atoms with Gasteiger partial charge in [0.1, 0.15) is 0 Å². The van der Waals surface area contributed by atoms with E-state index in [9.17, 15) is 9.90 Å². The molecule has 3 unspecified atom stereocenters. The van der Waals surface area contributed by atoms with Crippen LogP contribution in [0.5, 0.6) is 0 Å². The van der Waals surface area contributed by atoms with Gasteiger partial charge in [0.25, 0.3) is 0 Å². The van der Waals surface area contributed by atoms with E-state index in [1.165, 1.54) is 0 Å². The first-order chi connectivity index (χ1) is 8.19. The van der Waals surface area contributed by atoms with E-state index in [0.717, 1.165) is 12.8 Å². The summed E-state index contributed by atoms with van der Waals surface area (Å²) in [6, 6.07) is 0. The summed E-state index contributed by atoms with van der Waals surface area (Å²) in [7, 11) is 1.55. The molecule has 0 aromatic heterocycles. The van der Waals surface area contributed by atoms with Crippen molar-refractivity contribution in [2.75, 3.05) is 26.9 Å². The average Bonchev–Trinajstić information content (AvgIpc) is 2.77. The maximum absolute atomic E-state index is 11.8. The van der Waals surface area contributed by atoms with Gasteiger partial charge < -0.3 is 19.9 Å². The van der Waals surface area contributed by atoms with Crippen LogP contribution in [-0.2, 0) is 14.3 Å². The molecule has 1 fully saturated rings. The minimum Gasteiger partial charge on any atom is -0.391 e. The third kappa shape index (κ3) is 4.61. The summed E-state index contributed by atoms with van der Waals surface area (Å²) < 4.78 is 10.3. The van der Waals surface area contributed by atoms with Gasteiger partial charge in [0.05, 0.1) is 24.7 Å². The van der Waals surface area contributed by atoms with Gasteiger partial charge in [-0.2, -0.15) is 0 Å². The molecule has 0 spiro atoms. The van der Waals surface area contributed by atoms with Crippen LogP contribution in [0.4, 0.5) is 0 Å². The Morgan fingerprint density at radius 1 is 1.65 bits per heavy atom. The van der Waals surface area contributed by atoms with Crippen LogP contribution < -0.4 is 5.32 Å². The number of carbonyl (C=O) groups is 1. The zero-order valence-electron chi connectivity index (χ0n) is 10.6. The number of rotatable bonds is 7. The van der Waals surface area contributed by atoms with E-state index in [2.05, 4.69) is 5.32 Å². The van der Waals surface area contributed by atoms with Crippen molar-refractivity contribution in [2.24, 2.45) is 5.92 Å². The first kappa shape index (κ1) is 14.4. The number of carbonyl (C=O) groups excluding carboxylic acids is 1. The molecule has 0 aromatic rings. The second-order valence-electron chi connectivity index (χ2n) is 4.40. The zero-order valence-corrected chi connectivity index (χ0v) is 10.6. The molecule has 3 atom stereocenters. The Morgan fingerprint density at radius 3 is 3.06 bits per heavy atom. The minimum atomic E-state index is -0.512. The quantitative estimate of drug-likeness (QED) is 0.677. The Kier molecular flexibility index (Phi) is 6.47. The highest BCUT2D eigenvalue weighted by molar-refractivity contribution is 5.79. The molecule has 1 rings (SSSR count). The van der Waals surface area contributed by atoms with Gasteiger partial charge >= 0.3 is 0 Å². The number of ether oxygens (including phenoxy) is 2. The van der Waals surface area contributed by atoms with Gasteiger partial charge in [-0.1, -0.05) is 6.92 Å². The maximum atomic E-state index is 11.8. The van der Waals surface area contributed by atoms with Crippen molar-refractivity contribution in [1.29, 1.82) is 0 Å². The molecular formula is C12H23NO4. The Labute approximate surface area is 102 Å². The number of methoxy groups -OCH3 is 1. The van der Waals surface area contributed by atoms with Crippen molar-refractivity contribution in [3.8, 4) is 0 Å². The van der Waals surface area contributed by atoms with Gasteiger partial charge in [-0.15, -0.1) is 0 Å². The van der Waals surface area contributed by atoms with E-state index in [1.807, 2.05) is 6.92 Å². The molecule has 0 radical (unpaired) electrons. The van der Waals surface area contributed by atoms with E-state index in [1.54, 1.807) is 7.11 Å². The Bertz CT molecular complexity index is 235. The van der Waals surface area contributed by atoms with Gasteiger partial charge in [0.2, 0.25) is 5.91 Å². The predicted octanol–water partition coefficient (Wildman–Crippen LogP) is 0.315. The number of nitrogens with one attached hydrogen (secondary N) is 1. The molecule has 0 aliphatic carbocycles. The Morgan fingerprint density at radius 2 is 2.41 bits per heavy atom. The third-order valence-corrected chi connectivity index (χ3v) is 3.08. The van der Waals surface area contributed by atoms with Crippen molar-refractivity contribution < 1.29 is 19.4 Å². The number of aliphatic hydroxyl groups is 1. The van der Waals surface area contributed by atoms with E-state index < -0.39 is 6.10 Å². The number of aliphatic hydroxyl groups excluding tert-OH is 1. The van der Waals surface area contributed by atoms with Gasteiger partial charge in [-0.25, -0.2) is 0 Å². The summed E-state index contributed by atoms with van der Waals surface area (Å²) in [4.78, 5) is 11.8. The van der Waals surface area contributed by atoms with E-state index in [4.69, 9.17) is 9.47 Å². The Balaban J connectivity index is 2.20. The number of amides is 1. The van der Waals surface area contributed by atoms with Crippen LogP contribution in [0.25, 0.3) is 0 Å². The van der Waals surface area contributed by atoms with Crippen LogP contribution in [0, 0.1) is 5.92 Å². The lowest BCUT2D eigenvalue weighted by atomic mass is 9.99. The molecular weight excluding hydrogens is 222 g/mol. The molecule has 0 bridgehead atoms. The summed E-state index contributed by atoms with van der Waals surface area (Å²) in [5.41, 5.74) is 0. The van der Waals surface area contributed by atoms with Crippen LogP contribution in [0.3, 0.4) is 0 Å². The lowest BCUT2D eigenvalue weighted by molar-refractivity contribution is -0.126. The van der Waals surface area contributed by atoms with Crippen LogP contribution in [0.15, 0.2) is 0 Å². The summed E-state index contributed by atoms with van der Waals surface area (Å²) in [5.74, 6) is 0.0125. The van der Waals surface area contributed by atoms with Crippen LogP contribution in [-0.4, -0.2) is 50.1 Å². The molecule has 1 amide bonds. The molecule has 5 heteroatoms. The third-order valence-electron chi connectivity index (χ3n) is 3.08. The molecule has 5 nitrogen and oxygen atoms in total. The standard InChI is InChI=1S/C12H23NO4/c1-3-11-10(5-7-17-11)12(15)13-6-4-9(14)8-16-2/h9-11,14H,3-8H2,1-2H3,(H,13,15). The van der Waals surface area contributed by atoms with Gasteiger partial charge in [-0.3, -0.25) is 4.79 Å². The molecule has 0 aromatic carbocycles. The predicted molar refractivity (Wildman–Crippen MR) is 63.6 cm³/mol. The zero-order chi connectivity index (χ0) is 12.7. The van der Waals surface area contributed by atoms with Crippen LogP contribution >= 0.6 is 0 Å². The highest BCUT2D eigenvalue weighted by Crippen LogP contribution is 2.23. The fourth-order valence-electron chi connectivity index (χ4n) is 2.12. The average molecular weight is 245 g/mol. The van der Waals surface area contributed by atoms with Crippen molar-refractivity contribution >= 4 is 5.91 Å². The highest BCUT2D eigenvalue weighted by atomic mass is 16.5. The number of hydrogen-bond donors (Lipinski definition) is 2. The minimum absolute atomic E-state index is 0.0282. The molecule has 1 heterocycles. The van der Waals surface area contributed by atoms with Crippen molar-refractivity contribution in [3.05, 3.63) is 0 Å². The molecule has 2 N–H and O–H groups in total. The normalized spacial score (nSPS) is 25.8. The second-order valence-corrected chi connectivity index (χ2v) is 4.40. The van der Waals surface area contributed by atoms with Gasteiger partial charge in [-0.05, 0) is 19.3 Å². The largest absolute Gasteiger partial charge is 0.391 e. The van der Waals surface area contributed by atoms with E-state index in [0.29, 0.717) is 26.2 Å². The van der Waals surface area contributed by atoms with Gasteiger partial charge in [0.15, 0.2) is 0 Å². The fraction of sp³-hybridized carbons (Fsp3) is 0.917. The van der Waals surface area contributed by atoms with E-state index >= 15 is 0 Å². The smallest absolute Gasteiger partial charge is 0.225 e. The molecule has 100 valence electrons. The Hall–Kier alpha value is -0.650. The monoisotopic (exact) mass is 245 g/mol. The number of hydrogen-bond acceptors (Lipinski definition) is 4. The molecule has 1 aliphatic heterocycles. The first-order valence-electron chi connectivity index (χ1n) is 6.25. The van der Waals surface area contributed by atoms with Gasteiger partial charge in [0, 0.05) is 20.3 Å².